The zero-order valence-corrected chi connectivity index (χ0v) is 15.9. The number of hydrogen-bond donors (Lipinski definition) is 0. The minimum atomic E-state index is -1.37. The number of benzene rings is 1. The van der Waals surface area contributed by atoms with E-state index >= 15 is 0 Å². The molecule has 21 heavy (non-hydrogen) atoms. The summed E-state index contributed by atoms with van der Waals surface area (Å²) in [5.74, 6) is 0. The van der Waals surface area contributed by atoms with Crippen LogP contribution in [-0.2, 0) is 17.4 Å². The molecule has 0 aliphatic heterocycles. The van der Waals surface area contributed by atoms with E-state index in [2.05, 4.69) is 69.3 Å². The number of rotatable bonds is 2. The molecule has 1 unspecified atom stereocenters. The average Bonchev–Trinajstić information content (AvgIpc) is 3.00. The van der Waals surface area contributed by atoms with Gasteiger partial charge < -0.3 is 0 Å². The fourth-order valence-electron chi connectivity index (χ4n) is 3.27. The third kappa shape index (κ3) is 3.51. The van der Waals surface area contributed by atoms with E-state index in [9.17, 15) is 0 Å². The quantitative estimate of drug-likeness (QED) is 0.599. The first kappa shape index (κ1) is 18.7. The molecule has 0 radical (unpaired) electrons. The Balaban J connectivity index is 0.00000110. The normalized spacial score (nSPS) is 18.1. The molecule has 0 saturated heterocycles. The molecule has 1 aromatic carbocycles. The van der Waals surface area contributed by atoms with Crippen LogP contribution in [0.25, 0.3) is 5.57 Å². The monoisotopic (exact) mass is 356 g/mol. The summed E-state index contributed by atoms with van der Waals surface area (Å²) in [5.41, 5.74) is 4.52. The van der Waals surface area contributed by atoms with Crippen molar-refractivity contribution in [1.82, 2.24) is 0 Å². The van der Waals surface area contributed by atoms with E-state index in [1.165, 1.54) is 17.6 Å². The zero-order chi connectivity index (χ0) is 13.4. The van der Waals surface area contributed by atoms with E-state index < -0.39 is 17.4 Å². The average molecular weight is 357 g/mol. The third-order valence-electron chi connectivity index (χ3n) is 4.10. The van der Waals surface area contributed by atoms with Crippen LogP contribution in [-0.4, -0.2) is 3.81 Å². The van der Waals surface area contributed by atoms with Crippen molar-refractivity contribution in [3.8, 4) is 0 Å². The van der Waals surface area contributed by atoms with Crippen molar-refractivity contribution in [2.75, 3.05) is 0 Å². The van der Waals surface area contributed by atoms with Crippen molar-refractivity contribution in [2.45, 2.75) is 31.4 Å². The van der Waals surface area contributed by atoms with Crippen LogP contribution in [0, 0.1) is 0 Å². The van der Waals surface area contributed by atoms with Crippen molar-refractivity contribution in [3.05, 3.63) is 63.6 Å². The summed E-state index contributed by atoms with van der Waals surface area (Å²) in [6.07, 6.45) is 10.6. The SMILES string of the molecule is CC1=C[CH]([Ti]([C]2=CC=CC2)=[C](C)C)c2ccccc21.Cl.Cl. The predicted molar refractivity (Wildman–Crippen MR) is 95.5 cm³/mol. The zero-order valence-electron chi connectivity index (χ0n) is 12.7. The molecule has 3 heteroatoms. The Morgan fingerprint density at radius 2 is 1.86 bits per heavy atom. The van der Waals surface area contributed by atoms with Gasteiger partial charge in [-0.2, -0.15) is 0 Å². The molecule has 112 valence electrons. The molecule has 0 aromatic heterocycles. The summed E-state index contributed by atoms with van der Waals surface area (Å²) in [4.78, 5) is 0. The topological polar surface area (TPSA) is 0 Å². The molecule has 0 heterocycles. The Kier molecular flexibility index (Phi) is 6.88. The molecule has 0 bridgehead atoms. The molecular formula is C18H22Cl2Ti. The third-order valence-corrected chi connectivity index (χ3v) is 9.16. The van der Waals surface area contributed by atoms with Gasteiger partial charge in [-0.05, 0) is 0 Å². The van der Waals surface area contributed by atoms with E-state index in [-0.39, 0.29) is 24.8 Å². The van der Waals surface area contributed by atoms with Gasteiger partial charge in [-0.25, -0.2) is 0 Å². The van der Waals surface area contributed by atoms with Gasteiger partial charge in [0.25, 0.3) is 0 Å². The van der Waals surface area contributed by atoms with Crippen LogP contribution in [0.1, 0.15) is 42.5 Å². The minimum Gasteiger partial charge on any atom is -0.147 e. The molecule has 1 aromatic rings. The maximum atomic E-state index is 2.53. The molecule has 3 rings (SSSR count). The number of fused-ring (bicyclic) bond motifs is 1. The first-order chi connectivity index (χ1) is 9.18. The summed E-state index contributed by atoms with van der Waals surface area (Å²) in [6.45, 7) is 6.96. The molecule has 0 amide bonds. The summed E-state index contributed by atoms with van der Waals surface area (Å²) >= 11 is -1.37. The van der Waals surface area contributed by atoms with Gasteiger partial charge in [0.15, 0.2) is 0 Å². The van der Waals surface area contributed by atoms with Crippen LogP contribution in [0.2, 0.25) is 0 Å². The van der Waals surface area contributed by atoms with Crippen molar-refractivity contribution in [1.29, 1.82) is 0 Å². The summed E-state index contributed by atoms with van der Waals surface area (Å²) in [7, 11) is 0. The summed E-state index contributed by atoms with van der Waals surface area (Å²) in [5, 5.41) is 0. The van der Waals surface area contributed by atoms with Gasteiger partial charge in [-0.1, -0.05) is 0 Å². The van der Waals surface area contributed by atoms with E-state index in [0.29, 0.717) is 4.22 Å². The van der Waals surface area contributed by atoms with Crippen LogP contribution in [0.5, 0.6) is 0 Å². The predicted octanol–water partition coefficient (Wildman–Crippen LogP) is 5.66. The van der Waals surface area contributed by atoms with Gasteiger partial charge in [-0.3, -0.25) is 0 Å². The molecule has 2 aliphatic rings. The fraction of sp³-hybridized carbons (Fsp3) is 0.278. The Morgan fingerprint density at radius 1 is 1.14 bits per heavy atom. The van der Waals surface area contributed by atoms with Crippen LogP contribution in [0.15, 0.2) is 52.4 Å². The molecule has 0 spiro atoms. The van der Waals surface area contributed by atoms with Crippen molar-refractivity contribution in [3.63, 3.8) is 0 Å². The maximum absolute atomic E-state index is 2.53. The van der Waals surface area contributed by atoms with Crippen LogP contribution >= 0.6 is 24.8 Å². The van der Waals surface area contributed by atoms with E-state index in [1.54, 1.807) is 13.3 Å². The Labute approximate surface area is 146 Å². The van der Waals surface area contributed by atoms with Gasteiger partial charge in [0, 0.05) is 0 Å². The van der Waals surface area contributed by atoms with Crippen molar-refractivity contribution < 1.29 is 17.4 Å². The van der Waals surface area contributed by atoms with E-state index in [4.69, 9.17) is 0 Å². The van der Waals surface area contributed by atoms with Crippen LogP contribution in [0.4, 0.5) is 0 Å². The van der Waals surface area contributed by atoms with E-state index in [1.807, 2.05) is 0 Å². The number of halogens is 2. The van der Waals surface area contributed by atoms with Crippen molar-refractivity contribution >= 4 is 34.2 Å². The smallest absolute Gasteiger partial charge is 0.147 e. The second-order valence-electron chi connectivity index (χ2n) is 5.65. The van der Waals surface area contributed by atoms with Gasteiger partial charge in [0.2, 0.25) is 0 Å². The number of allylic oxidation sites excluding steroid dienone is 6. The first-order valence-electron chi connectivity index (χ1n) is 6.99. The van der Waals surface area contributed by atoms with Gasteiger partial charge in [-0.15, -0.1) is 24.8 Å². The standard InChI is InChI=1S/C10H9.C5H5.C3H6.2ClH.Ti/c1-8-6-7-9-4-2-3-5-10(8)9;1-2-4-5-3-1;1-3-2;;;/h2-7H,1H3;1-3H,4H2;1-2H3;2*1H;. The second-order valence-corrected chi connectivity index (χ2v) is 10.5. The summed E-state index contributed by atoms with van der Waals surface area (Å²) in [6, 6.07) is 8.98. The van der Waals surface area contributed by atoms with E-state index in [0.717, 1.165) is 0 Å². The summed E-state index contributed by atoms with van der Waals surface area (Å²) < 4.78 is 4.10. The first-order valence-corrected chi connectivity index (χ1v) is 9.46. The molecule has 0 N–H and O–H groups in total. The molecule has 0 nitrogen and oxygen atoms in total. The molecule has 0 saturated carbocycles. The van der Waals surface area contributed by atoms with Gasteiger partial charge >= 0.3 is 122 Å². The molecule has 2 aliphatic carbocycles. The fourth-order valence-corrected chi connectivity index (χ4v) is 8.36. The van der Waals surface area contributed by atoms with Crippen LogP contribution in [0.3, 0.4) is 0 Å². The van der Waals surface area contributed by atoms with Crippen LogP contribution < -0.4 is 0 Å². The molecule has 1 atom stereocenters. The van der Waals surface area contributed by atoms with Gasteiger partial charge in [0.05, 0.1) is 0 Å². The molecular weight excluding hydrogens is 335 g/mol. The Bertz CT molecular complexity index is 647. The Morgan fingerprint density at radius 3 is 2.48 bits per heavy atom. The number of hydrogen-bond acceptors (Lipinski definition) is 0. The van der Waals surface area contributed by atoms with Gasteiger partial charge in [0.1, 0.15) is 0 Å². The second kappa shape index (κ2) is 7.74. The maximum Gasteiger partial charge on any atom is -0.147 e. The van der Waals surface area contributed by atoms with Crippen molar-refractivity contribution in [2.24, 2.45) is 0 Å². The minimum absolute atomic E-state index is 0. The molecule has 0 fully saturated rings. The Hall–Kier alpha value is -0.396. The largest absolute Gasteiger partial charge is 0.147 e.